The molecular formula is C26H23NO4S2. The molecule has 0 atom stereocenters. The molecule has 0 radical (unpaired) electrons. The Kier molecular flexibility index (Phi) is 7.65. The molecule has 0 N–H and O–H groups in total. The van der Waals surface area contributed by atoms with Gasteiger partial charge >= 0.3 is 0 Å². The van der Waals surface area contributed by atoms with Gasteiger partial charge in [0.1, 0.15) is 34.8 Å². The van der Waals surface area contributed by atoms with Gasteiger partial charge in [0.15, 0.2) is 0 Å². The van der Waals surface area contributed by atoms with E-state index in [1.54, 1.807) is 12.0 Å². The van der Waals surface area contributed by atoms with E-state index in [9.17, 15) is 4.79 Å². The van der Waals surface area contributed by atoms with Gasteiger partial charge in [-0.25, -0.2) is 0 Å². The zero-order chi connectivity index (χ0) is 23.0. The number of nitrogens with zero attached hydrogens (tertiary/aromatic N) is 1. The van der Waals surface area contributed by atoms with Gasteiger partial charge in [-0.2, -0.15) is 0 Å². The third kappa shape index (κ3) is 6.15. The molecule has 5 nitrogen and oxygen atoms in total. The highest BCUT2D eigenvalue weighted by atomic mass is 32.2. The molecule has 0 unspecified atom stereocenters. The molecule has 1 heterocycles. The van der Waals surface area contributed by atoms with Crippen LogP contribution in [0.2, 0.25) is 0 Å². The quantitative estimate of drug-likeness (QED) is 0.229. The van der Waals surface area contributed by atoms with Gasteiger partial charge in [-0.15, -0.1) is 0 Å². The lowest BCUT2D eigenvalue weighted by Crippen LogP contribution is -2.27. The lowest BCUT2D eigenvalue weighted by Gasteiger charge is -2.14. The lowest BCUT2D eigenvalue weighted by atomic mass is 10.2. The van der Waals surface area contributed by atoms with Crippen molar-refractivity contribution < 1.29 is 19.0 Å². The fraction of sp³-hybridized carbons (Fsp3) is 0.154. The summed E-state index contributed by atoms with van der Waals surface area (Å²) in [5.41, 5.74) is 1.96. The molecular weight excluding hydrogens is 454 g/mol. The molecule has 33 heavy (non-hydrogen) atoms. The fourth-order valence-corrected chi connectivity index (χ4v) is 4.46. The molecule has 3 aromatic carbocycles. The van der Waals surface area contributed by atoms with Crippen LogP contribution in [0.1, 0.15) is 11.1 Å². The highest BCUT2D eigenvalue weighted by Gasteiger charge is 2.31. The number of carbonyl (C=O) groups is 1. The fourth-order valence-electron chi connectivity index (χ4n) is 3.20. The number of amides is 1. The van der Waals surface area contributed by atoms with Crippen molar-refractivity contribution in [1.29, 1.82) is 0 Å². The number of methoxy groups -OCH3 is 1. The first kappa shape index (κ1) is 22.9. The Bertz CT molecular complexity index is 1130. The van der Waals surface area contributed by atoms with E-state index in [-0.39, 0.29) is 5.91 Å². The summed E-state index contributed by atoms with van der Waals surface area (Å²) in [6.45, 7) is 1.33. The molecule has 1 saturated heterocycles. The molecule has 0 saturated carbocycles. The second-order valence-corrected chi connectivity index (χ2v) is 8.87. The number of ether oxygens (including phenoxy) is 3. The minimum atomic E-state index is -0.0649. The van der Waals surface area contributed by atoms with Crippen LogP contribution in [0.5, 0.6) is 17.2 Å². The van der Waals surface area contributed by atoms with Crippen molar-refractivity contribution in [2.24, 2.45) is 0 Å². The van der Waals surface area contributed by atoms with Crippen molar-refractivity contribution in [1.82, 2.24) is 4.90 Å². The van der Waals surface area contributed by atoms with Gasteiger partial charge in [-0.05, 0) is 53.6 Å². The van der Waals surface area contributed by atoms with E-state index in [0.717, 1.165) is 28.4 Å². The third-order valence-electron chi connectivity index (χ3n) is 4.92. The molecule has 4 rings (SSSR count). The number of carbonyl (C=O) groups excluding carboxylic acids is 1. The monoisotopic (exact) mass is 477 g/mol. The van der Waals surface area contributed by atoms with Crippen molar-refractivity contribution in [3.63, 3.8) is 0 Å². The summed E-state index contributed by atoms with van der Waals surface area (Å²) in [5.74, 6) is 2.23. The molecule has 1 fully saturated rings. The Morgan fingerprint density at radius 2 is 1.42 bits per heavy atom. The van der Waals surface area contributed by atoms with E-state index in [0.29, 0.717) is 29.0 Å². The van der Waals surface area contributed by atoms with Gasteiger partial charge in [0, 0.05) is 0 Å². The number of benzene rings is 3. The van der Waals surface area contributed by atoms with Crippen LogP contribution in [0.4, 0.5) is 0 Å². The summed E-state index contributed by atoms with van der Waals surface area (Å²) in [7, 11) is 1.63. The number of thioether (sulfide) groups is 1. The zero-order valence-corrected chi connectivity index (χ0v) is 19.7. The van der Waals surface area contributed by atoms with Gasteiger partial charge in [0.2, 0.25) is 0 Å². The summed E-state index contributed by atoms with van der Waals surface area (Å²) in [6, 6.07) is 24.9. The predicted octanol–water partition coefficient (Wildman–Crippen LogP) is 5.55. The van der Waals surface area contributed by atoms with Crippen LogP contribution in [-0.2, 0) is 11.3 Å². The summed E-state index contributed by atoms with van der Waals surface area (Å²) >= 11 is 6.76. The van der Waals surface area contributed by atoms with E-state index >= 15 is 0 Å². The molecule has 7 heteroatoms. The van der Waals surface area contributed by atoms with Crippen molar-refractivity contribution >= 4 is 40.3 Å². The molecule has 0 aromatic heterocycles. The largest absolute Gasteiger partial charge is 0.497 e. The van der Waals surface area contributed by atoms with E-state index in [4.69, 9.17) is 26.4 Å². The van der Waals surface area contributed by atoms with Crippen molar-refractivity contribution in [3.8, 4) is 17.2 Å². The number of thiocarbonyl (C=S) groups is 1. The smallest absolute Gasteiger partial charge is 0.266 e. The molecule has 3 aromatic rings. The van der Waals surface area contributed by atoms with Gasteiger partial charge < -0.3 is 14.2 Å². The Labute approximate surface area is 203 Å². The van der Waals surface area contributed by atoms with Crippen LogP contribution < -0.4 is 14.2 Å². The van der Waals surface area contributed by atoms with E-state index in [1.807, 2.05) is 84.9 Å². The Morgan fingerprint density at radius 3 is 2.03 bits per heavy atom. The summed E-state index contributed by atoms with van der Waals surface area (Å²) in [5, 5.41) is 0. The van der Waals surface area contributed by atoms with Crippen LogP contribution in [0.3, 0.4) is 0 Å². The normalized spacial score (nSPS) is 14.6. The average Bonchev–Trinajstić information content (AvgIpc) is 3.11. The third-order valence-corrected chi connectivity index (χ3v) is 6.29. The average molecular weight is 478 g/mol. The van der Waals surface area contributed by atoms with Gasteiger partial charge in [0.05, 0.1) is 18.6 Å². The summed E-state index contributed by atoms with van der Waals surface area (Å²) in [4.78, 5) is 15.1. The highest BCUT2D eigenvalue weighted by molar-refractivity contribution is 8.26. The minimum absolute atomic E-state index is 0.0649. The molecule has 0 bridgehead atoms. The number of hydrogen-bond acceptors (Lipinski definition) is 6. The molecule has 1 aliphatic rings. The minimum Gasteiger partial charge on any atom is -0.497 e. The Hall–Kier alpha value is -3.29. The van der Waals surface area contributed by atoms with Crippen LogP contribution in [0.15, 0.2) is 83.8 Å². The SMILES string of the molecule is COc1ccc(OCCOc2ccc(/C=C3\SC(=S)N(Cc4ccccc4)C3=O)cc2)cc1. The van der Waals surface area contributed by atoms with Gasteiger partial charge in [-0.3, -0.25) is 9.69 Å². The van der Waals surface area contributed by atoms with Gasteiger partial charge in [0.25, 0.3) is 5.91 Å². The van der Waals surface area contributed by atoms with Crippen molar-refractivity contribution in [2.75, 3.05) is 20.3 Å². The number of hydrogen-bond donors (Lipinski definition) is 0. The predicted molar refractivity (Wildman–Crippen MR) is 136 cm³/mol. The molecule has 168 valence electrons. The summed E-state index contributed by atoms with van der Waals surface area (Å²) in [6.07, 6.45) is 1.86. The van der Waals surface area contributed by atoms with Crippen LogP contribution in [0.25, 0.3) is 6.08 Å². The van der Waals surface area contributed by atoms with Crippen molar-refractivity contribution in [2.45, 2.75) is 6.54 Å². The first-order valence-corrected chi connectivity index (χ1v) is 11.6. The standard InChI is InChI=1S/C26H23NO4S2/c1-29-21-11-13-23(14-12-21)31-16-15-30-22-9-7-19(8-10-22)17-24-25(28)27(26(32)33-24)18-20-5-3-2-4-6-20/h2-14,17H,15-16,18H2,1H3/b24-17-. The molecule has 0 aliphatic carbocycles. The second kappa shape index (κ2) is 11.0. The Balaban J connectivity index is 1.28. The zero-order valence-electron chi connectivity index (χ0n) is 18.1. The topological polar surface area (TPSA) is 48.0 Å². The maximum absolute atomic E-state index is 12.8. The summed E-state index contributed by atoms with van der Waals surface area (Å²) < 4.78 is 17.1. The second-order valence-electron chi connectivity index (χ2n) is 7.19. The van der Waals surface area contributed by atoms with Crippen LogP contribution in [0, 0.1) is 0 Å². The van der Waals surface area contributed by atoms with Gasteiger partial charge in [-0.1, -0.05) is 66.4 Å². The number of rotatable bonds is 9. The van der Waals surface area contributed by atoms with Crippen molar-refractivity contribution in [3.05, 3.63) is 94.9 Å². The maximum Gasteiger partial charge on any atom is 0.266 e. The molecule has 1 amide bonds. The molecule has 0 spiro atoms. The first-order valence-electron chi connectivity index (χ1n) is 10.4. The molecule has 1 aliphatic heterocycles. The van der Waals surface area contributed by atoms with Crippen LogP contribution in [-0.4, -0.2) is 35.5 Å². The van der Waals surface area contributed by atoms with E-state index < -0.39 is 0 Å². The van der Waals surface area contributed by atoms with E-state index in [1.165, 1.54) is 11.8 Å². The maximum atomic E-state index is 12.8. The highest BCUT2D eigenvalue weighted by Crippen LogP contribution is 2.33. The lowest BCUT2D eigenvalue weighted by molar-refractivity contribution is -0.122. The Morgan fingerprint density at radius 1 is 0.848 bits per heavy atom. The van der Waals surface area contributed by atoms with E-state index in [2.05, 4.69) is 0 Å². The first-order chi connectivity index (χ1) is 16.1. The van der Waals surface area contributed by atoms with Crippen LogP contribution >= 0.6 is 24.0 Å².